The Labute approximate surface area is 68.8 Å². The highest BCUT2D eigenvalue weighted by atomic mass is 16.5. The molecule has 0 atom stereocenters. The Balaban J connectivity index is 2.45. The average molecular weight is 165 g/mol. The lowest BCUT2D eigenvalue weighted by Crippen LogP contribution is -1.97. The van der Waals surface area contributed by atoms with E-state index in [4.69, 9.17) is 9.84 Å². The molecule has 0 unspecified atom stereocenters. The minimum atomic E-state index is -0.971. The van der Waals surface area contributed by atoms with Gasteiger partial charge in [-0.05, 0) is 6.07 Å². The first-order valence-corrected chi connectivity index (χ1v) is 3.62. The number of hydrogen-bond donors (Lipinski definition) is 1. The number of nitrogens with zero attached hydrogens (tertiary/aromatic N) is 1. The van der Waals surface area contributed by atoms with Crippen molar-refractivity contribution in [2.24, 2.45) is 0 Å². The van der Waals surface area contributed by atoms with Gasteiger partial charge in [-0.3, -0.25) is 4.98 Å². The fourth-order valence-electron chi connectivity index (χ4n) is 1.16. The number of aromatic carboxylic acids is 1. The first-order chi connectivity index (χ1) is 5.77. The second kappa shape index (κ2) is 2.48. The van der Waals surface area contributed by atoms with Crippen LogP contribution in [0.1, 0.15) is 16.1 Å². The summed E-state index contributed by atoms with van der Waals surface area (Å²) in [5.74, 6) is -0.365. The summed E-state index contributed by atoms with van der Waals surface area (Å²) in [6, 6.07) is 1.51. The molecule has 0 fully saturated rings. The van der Waals surface area contributed by atoms with Crippen molar-refractivity contribution < 1.29 is 14.6 Å². The molecule has 0 saturated heterocycles. The van der Waals surface area contributed by atoms with Crippen LogP contribution in [-0.2, 0) is 6.42 Å². The summed E-state index contributed by atoms with van der Waals surface area (Å²) in [5.41, 5.74) is 1.02. The summed E-state index contributed by atoms with van der Waals surface area (Å²) < 4.78 is 5.16. The molecular formula is C8H7NO3. The Kier molecular flexibility index (Phi) is 1.46. The molecule has 2 heterocycles. The van der Waals surface area contributed by atoms with E-state index in [1.165, 1.54) is 12.3 Å². The molecule has 0 aliphatic carbocycles. The smallest absolute Gasteiger partial charge is 0.337 e. The highest BCUT2D eigenvalue weighted by Gasteiger charge is 2.15. The van der Waals surface area contributed by atoms with E-state index < -0.39 is 5.97 Å². The van der Waals surface area contributed by atoms with E-state index in [0.717, 1.165) is 12.1 Å². The molecule has 4 heteroatoms. The van der Waals surface area contributed by atoms with Gasteiger partial charge >= 0.3 is 5.97 Å². The maximum atomic E-state index is 10.5. The Hall–Kier alpha value is -1.58. The number of pyridine rings is 1. The summed E-state index contributed by atoms with van der Waals surface area (Å²) in [5, 5.41) is 8.62. The molecule has 0 bridgehead atoms. The molecule has 1 N–H and O–H groups in total. The number of fused-ring (bicyclic) bond motifs is 1. The fraction of sp³-hybridized carbons (Fsp3) is 0.250. The zero-order valence-electron chi connectivity index (χ0n) is 6.28. The van der Waals surface area contributed by atoms with E-state index in [2.05, 4.69) is 4.98 Å². The topological polar surface area (TPSA) is 59.4 Å². The first kappa shape index (κ1) is 7.09. The zero-order valence-corrected chi connectivity index (χ0v) is 6.28. The molecule has 2 rings (SSSR count). The quantitative estimate of drug-likeness (QED) is 0.665. The van der Waals surface area contributed by atoms with Crippen molar-refractivity contribution in [1.29, 1.82) is 0 Å². The first-order valence-electron chi connectivity index (χ1n) is 3.62. The molecule has 62 valence electrons. The molecule has 0 radical (unpaired) electrons. The minimum Gasteiger partial charge on any atom is -0.491 e. The molecular weight excluding hydrogens is 158 g/mol. The molecule has 1 aliphatic heterocycles. The van der Waals surface area contributed by atoms with E-state index in [9.17, 15) is 4.79 Å². The van der Waals surface area contributed by atoms with Crippen LogP contribution in [0.15, 0.2) is 12.3 Å². The standard InChI is InChI=1S/C8H7NO3/c10-8(11)5-3-7-6(9-4-5)1-2-12-7/h3-4H,1-2H2,(H,10,11). The second-order valence-corrected chi connectivity index (χ2v) is 2.57. The predicted octanol–water partition coefficient (Wildman–Crippen LogP) is 0.715. The number of carboxylic acid groups (broad SMARTS) is 1. The van der Waals surface area contributed by atoms with Gasteiger partial charge < -0.3 is 9.84 Å². The number of hydrogen-bond acceptors (Lipinski definition) is 3. The molecule has 1 aromatic heterocycles. The highest BCUT2D eigenvalue weighted by Crippen LogP contribution is 2.23. The Morgan fingerprint density at radius 2 is 2.50 bits per heavy atom. The van der Waals surface area contributed by atoms with Crippen LogP contribution in [0, 0.1) is 0 Å². The van der Waals surface area contributed by atoms with Crippen LogP contribution in [-0.4, -0.2) is 22.7 Å². The zero-order chi connectivity index (χ0) is 8.55. The third-order valence-electron chi connectivity index (χ3n) is 1.77. The van der Waals surface area contributed by atoms with Gasteiger partial charge in [-0.25, -0.2) is 4.79 Å². The van der Waals surface area contributed by atoms with Gasteiger partial charge in [0.2, 0.25) is 0 Å². The van der Waals surface area contributed by atoms with Gasteiger partial charge in [0.1, 0.15) is 5.75 Å². The summed E-state index contributed by atoms with van der Waals surface area (Å²) in [7, 11) is 0. The maximum absolute atomic E-state index is 10.5. The Bertz CT molecular complexity index is 335. The van der Waals surface area contributed by atoms with E-state index in [1.807, 2.05) is 0 Å². The second-order valence-electron chi connectivity index (χ2n) is 2.57. The van der Waals surface area contributed by atoms with Gasteiger partial charge in [0, 0.05) is 12.6 Å². The van der Waals surface area contributed by atoms with Crippen LogP contribution in [0.4, 0.5) is 0 Å². The lowest BCUT2D eigenvalue weighted by molar-refractivity contribution is 0.0696. The largest absolute Gasteiger partial charge is 0.491 e. The number of carbonyl (C=O) groups is 1. The van der Waals surface area contributed by atoms with Crippen molar-refractivity contribution in [2.75, 3.05) is 6.61 Å². The van der Waals surface area contributed by atoms with E-state index in [0.29, 0.717) is 12.4 Å². The molecule has 0 spiro atoms. The molecule has 12 heavy (non-hydrogen) atoms. The van der Waals surface area contributed by atoms with Gasteiger partial charge in [0.15, 0.2) is 0 Å². The number of aromatic nitrogens is 1. The highest BCUT2D eigenvalue weighted by molar-refractivity contribution is 5.87. The van der Waals surface area contributed by atoms with Crippen molar-refractivity contribution in [1.82, 2.24) is 4.98 Å². The summed E-state index contributed by atoms with van der Waals surface area (Å²) in [4.78, 5) is 14.5. The van der Waals surface area contributed by atoms with Gasteiger partial charge in [0.05, 0.1) is 17.9 Å². The third-order valence-corrected chi connectivity index (χ3v) is 1.77. The minimum absolute atomic E-state index is 0.177. The van der Waals surface area contributed by atoms with Crippen LogP contribution < -0.4 is 4.74 Å². The van der Waals surface area contributed by atoms with E-state index in [-0.39, 0.29) is 5.56 Å². The summed E-state index contributed by atoms with van der Waals surface area (Å²) in [6.07, 6.45) is 2.13. The average Bonchev–Trinajstić information content (AvgIpc) is 2.49. The van der Waals surface area contributed by atoms with Gasteiger partial charge in [-0.1, -0.05) is 0 Å². The Morgan fingerprint density at radius 1 is 1.67 bits per heavy atom. The van der Waals surface area contributed by atoms with Gasteiger partial charge in [-0.15, -0.1) is 0 Å². The van der Waals surface area contributed by atoms with Crippen molar-refractivity contribution >= 4 is 5.97 Å². The summed E-state index contributed by atoms with van der Waals surface area (Å²) in [6.45, 7) is 0.603. The lowest BCUT2D eigenvalue weighted by atomic mass is 10.2. The molecule has 0 amide bonds. The van der Waals surface area contributed by atoms with Crippen molar-refractivity contribution in [3.8, 4) is 5.75 Å². The molecule has 0 aromatic carbocycles. The van der Waals surface area contributed by atoms with Crippen molar-refractivity contribution in [3.63, 3.8) is 0 Å². The van der Waals surface area contributed by atoms with Crippen molar-refractivity contribution in [3.05, 3.63) is 23.5 Å². The van der Waals surface area contributed by atoms with Gasteiger partial charge in [-0.2, -0.15) is 0 Å². The van der Waals surface area contributed by atoms with Crippen LogP contribution in [0.25, 0.3) is 0 Å². The normalized spacial score (nSPS) is 13.7. The monoisotopic (exact) mass is 165 g/mol. The van der Waals surface area contributed by atoms with Crippen LogP contribution >= 0.6 is 0 Å². The predicted molar refractivity (Wildman–Crippen MR) is 40.4 cm³/mol. The van der Waals surface area contributed by atoms with Crippen LogP contribution in [0.3, 0.4) is 0 Å². The molecule has 0 saturated carbocycles. The number of rotatable bonds is 1. The van der Waals surface area contributed by atoms with Crippen LogP contribution in [0.2, 0.25) is 0 Å². The van der Waals surface area contributed by atoms with E-state index in [1.54, 1.807) is 0 Å². The lowest BCUT2D eigenvalue weighted by Gasteiger charge is -1.98. The van der Waals surface area contributed by atoms with E-state index >= 15 is 0 Å². The SMILES string of the molecule is O=C(O)c1cnc2c(c1)OCC2. The summed E-state index contributed by atoms with van der Waals surface area (Å²) >= 11 is 0. The number of ether oxygens (including phenoxy) is 1. The fourth-order valence-corrected chi connectivity index (χ4v) is 1.16. The molecule has 1 aromatic rings. The number of carboxylic acids is 1. The third kappa shape index (κ3) is 1.01. The Morgan fingerprint density at radius 3 is 3.25 bits per heavy atom. The van der Waals surface area contributed by atoms with Gasteiger partial charge in [0.25, 0.3) is 0 Å². The maximum Gasteiger partial charge on any atom is 0.337 e. The molecule has 4 nitrogen and oxygen atoms in total. The molecule has 1 aliphatic rings. The van der Waals surface area contributed by atoms with Crippen molar-refractivity contribution in [2.45, 2.75) is 6.42 Å². The van der Waals surface area contributed by atoms with Crippen LogP contribution in [0.5, 0.6) is 5.75 Å².